The molecule has 1 saturated heterocycles. The van der Waals surface area contributed by atoms with Gasteiger partial charge in [0.15, 0.2) is 0 Å². The second kappa shape index (κ2) is 7.46. The van der Waals surface area contributed by atoms with Gasteiger partial charge in [0.1, 0.15) is 5.60 Å². The lowest BCUT2D eigenvalue weighted by Gasteiger charge is -2.32. The molecule has 1 fully saturated rings. The highest BCUT2D eigenvalue weighted by molar-refractivity contribution is 5.79. The SMILES string of the molecule is CC(C)(C)OC(=O)N[C@@H](Cc1ccccc1)C1CNC(=O)CN1. The van der Waals surface area contributed by atoms with Crippen LogP contribution in [0.3, 0.4) is 0 Å². The summed E-state index contributed by atoms with van der Waals surface area (Å²) in [5.74, 6) is -0.0306. The van der Waals surface area contributed by atoms with Gasteiger partial charge in [0, 0.05) is 12.6 Å². The molecule has 0 radical (unpaired) electrons. The smallest absolute Gasteiger partial charge is 0.407 e. The molecule has 1 aromatic rings. The molecule has 1 aliphatic rings. The molecule has 2 atom stereocenters. The zero-order valence-corrected chi connectivity index (χ0v) is 13.9. The lowest BCUT2D eigenvalue weighted by molar-refractivity contribution is -0.121. The van der Waals surface area contributed by atoms with Gasteiger partial charge in [-0.2, -0.15) is 0 Å². The highest BCUT2D eigenvalue weighted by Gasteiger charge is 2.28. The Hall–Kier alpha value is -2.08. The average molecular weight is 319 g/mol. The lowest BCUT2D eigenvalue weighted by Crippen LogP contribution is -2.61. The number of hydrogen-bond acceptors (Lipinski definition) is 4. The van der Waals surface area contributed by atoms with Crippen molar-refractivity contribution in [3.8, 4) is 0 Å². The van der Waals surface area contributed by atoms with E-state index in [-0.39, 0.29) is 24.5 Å². The first kappa shape index (κ1) is 17.3. The van der Waals surface area contributed by atoms with E-state index in [9.17, 15) is 9.59 Å². The molecule has 6 nitrogen and oxygen atoms in total. The predicted octanol–water partition coefficient (Wildman–Crippen LogP) is 1.21. The van der Waals surface area contributed by atoms with Crippen LogP contribution >= 0.6 is 0 Å². The standard InChI is InChI=1S/C17H25N3O3/c1-17(2,3)23-16(22)20-13(9-12-7-5-4-6-8-12)14-10-19-15(21)11-18-14/h4-8,13-14,18H,9-11H2,1-3H3,(H,19,21)(H,20,22)/t13-,14?/m0/s1. The van der Waals surface area contributed by atoms with Crippen molar-refractivity contribution in [2.24, 2.45) is 0 Å². The van der Waals surface area contributed by atoms with Gasteiger partial charge in [0.25, 0.3) is 0 Å². The highest BCUT2D eigenvalue weighted by atomic mass is 16.6. The fraction of sp³-hybridized carbons (Fsp3) is 0.529. The van der Waals surface area contributed by atoms with Crippen molar-refractivity contribution in [2.75, 3.05) is 13.1 Å². The predicted molar refractivity (Wildman–Crippen MR) is 88.1 cm³/mol. The summed E-state index contributed by atoms with van der Waals surface area (Å²) in [7, 11) is 0. The molecule has 0 aromatic heterocycles. The Labute approximate surface area is 137 Å². The topological polar surface area (TPSA) is 79.5 Å². The molecule has 0 saturated carbocycles. The zero-order chi connectivity index (χ0) is 16.9. The molecule has 1 unspecified atom stereocenters. The molecule has 1 heterocycles. The van der Waals surface area contributed by atoms with Crippen LogP contribution < -0.4 is 16.0 Å². The quantitative estimate of drug-likeness (QED) is 0.779. The third-order valence-corrected chi connectivity index (χ3v) is 3.53. The second-order valence-electron chi connectivity index (χ2n) is 6.73. The molecule has 126 valence electrons. The molecule has 0 aliphatic carbocycles. The van der Waals surface area contributed by atoms with Crippen LogP contribution in [0.4, 0.5) is 4.79 Å². The summed E-state index contributed by atoms with van der Waals surface area (Å²) < 4.78 is 5.35. The number of nitrogens with one attached hydrogen (secondary N) is 3. The molecule has 3 N–H and O–H groups in total. The minimum Gasteiger partial charge on any atom is -0.444 e. The molecular formula is C17H25N3O3. The maximum Gasteiger partial charge on any atom is 0.407 e. The van der Waals surface area contributed by atoms with Crippen molar-refractivity contribution in [1.29, 1.82) is 0 Å². The lowest BCUT2D eigenvalue weighted by atomic mass is 9.98. The molecule has 0 bridgehead atoms. The number of ether oxygens (including phenoxy) is 1. The minimum absolute atomic E-state index is 0.0306. The van der Waals surface area contributed by atoms with Crippen molar-refractivity contribution in [3.05, 3.63) is 35.9 Å². The number of hydrogen-bond donors (Lipinski definition) is 3. The Morgan fingerprint density at radius 1 is 1.35 bits per heavy atom. The normalized spacial score (nSPS) is 19.6. The van der Waals surface area contributed by atoms with Crippen molar-refractivity contribution in [2.45, 2.75) is 44.9 Å². The Balaban J connectivity index is 2.04. The summed E-state index contributed by atoms with van der Waals surface area (Å²) in [5.41, 5.74) is 0.572. The highest BCUT2D eigenvalue weighted by Crippen LogP contribution is 2.11. The van der Waals surface area contributed by atoms with Crippen LogP contribution in [-0.4, -0.2) is 42.8 Å². The molecule has 0 spiro atoms. The van der Waals surface area contributed by atoms with E-state index < -0.39 is 11.7 Å². The van der Waals surface area contributed by atoms with E-state index in [0.717, 1.165) is 5.56 Å². The van der Waals surface area contributed by atoms with Gasteiger partial charge in [-0.3, -0.25) is 4.79 Å². The first-order chi connectivity index (χ1) is 10.8. The molecule has 1 aromatic carbocycles. The molecule has 1 aliphatic heterocycles. The average Bonchev–Trinajstić information content (AvgIpc) is 2.46. The monoisotopic (exact) mass is 319 g/mol. The largest absolute Gasteiger partial charge is 0.444 e. The van der Waals surface area contributed by atoms with E-state index in [1.165, 1.54) is 0 Å². The molecular weight excluding hydrogens is 294 g/mol. The summed E-state index contributed by atoms with van der Waals surface area (Å²) in [5, 5.41) is 8.93. The summed E-state index contributed by atoms with van der Waals surface area (Å²) >= 11 is 0. The van der Waals surface area contributed by atoms with E-state index in [2.05, 4.69) is 16.0 Å². The van der Waals surface area contributed by atoms with Crippen LogP contribution in [0, 0.1) is 0 Å². The number of alkyl carbamates (subject to hydrolysis) is 1. The third kappa shape index (κ3) is 5.90. The van der Waals surface area contributed by atoms with Gasteiger partial charge >= 0.3 is 6.09 Å². The Kier molecular flexibility index (Phi) is 5.60. The second-order valence-corrected chi connectivity index (χ2v) is 6.73. The number of carbonyl (C=O) groups excluding carboxylic acids is 2. The van der Waals surface area contributed by atoms with Gasteiger partial charge in [-0.25, -0.2) is 4.79 Å². The van der Waals surface area contributed by atoms with Crippen LogP contribution in [0.1, 0.15) is 26.3 Å². The van der Waals surface area contributed by atoms with E-state index in [0.29, 0.717) is 13.0 Å². The first-order valence-electron chi connectivity index (χ1n) is 7.87. The van der Waals surface area contributed by atoms with Crippen LogP contribution in [0.25, 0.3) is 0 Å². The van der Waals surface area contributed by atoms with E-state index in [4.69, 9.17) is 4.74 Å². The van der Waals surface area contributed by atoms with Crippen molar-refractivity contribution in [3.63, 3.8) is 0 Å². The van der Waals surface area contributed by atoms with Gasteiger partial charge in [0.05, 0.1) is 12.6 Å². The zero-order valence-electron chi connectivity index (χ0n) is 13.9. The fourth-order valence-corrected chi connectivity index (χ4v) is 2.49. The number of piperazine rings is 1. The Bertz CT molecular complexity index is 530. The number of carbonyl (C=O) groups is 2. The number of amides is 2. The molecule has 2 rings (SSSR count). The first-order valence-corrected chi connectivity index (χ1v) is 7.87. The van der Waals surface area contributed by atoms with Crippen LogP contribution in [0.5, 0.6) is 0 Å². The van der Waals surface area contributed by atoms with Crippen molar-refractivity contribution >= 4 is 12.0 Å². The van der Waals surface area contributed by atoms with Crippen LogP contribution in [-0.2, 0) is 16.0 Å². The number of benzene rings is 1. The Morgan fingerprint density at radius 3 is 2.61 bits per heavy atom. The Morgan fingerprint density at radius 2 is 2.04 bits per heavy atom. The minimum atomic E-state index is -0.546. The van der Waals surface area contributed by atoms with Crippen LogP contribution in [0.15, 0.2) is 30.3 Å². The van der Waals surface area contributed by atoms with E-state index >= 15 is 0 Å². The molecule has 2 amide bonds. The summed E-state index contributed by atoms with van der Waals surface area (Å²) in [6.07, 6.45) is 0.213. The van der Waals surface area contributed by atoms with Gasteiger partial charge in [-0.15, -0.1) is 0 Å². The van der Waals surface area contributed by atoms with E-state index in [1.807, 2.05) is 51.1 Å². The fourth-order valence-electron chi connectivity index (χ4n) is 2.49. The maximum atomic E-state index is 12.1. The van der Waals surface area contributed by atoms with Crippen LogP contribution in [0.2, 0.25) is 0 Å². The van der Waals surface area contributed by atoms with Gasteiger partial charge in [-0.05, 0) is 32.8 Å². The molecule has 6 heteroatoms. The summed E-state index contributed by atoms with van der Waals surface area (Å²) in [4.78, 5) is 23.4. The number of rotatable bonds is 4. The maximum absolute atomic E-state index is 12.1. The van der Waals surface area contributed by atoms with E-state index in [1.54, 1.807) is 0 Å². The summed E-state index contributed by atoms with van der Waals surface area (Å²) in [6.45, 7) is 6.23. The molecule has 23 heavy (non-hydrogen) atoms. The van der Waals surface area contributed by atoms with Gasteiger partial charge in [0.2, 0.25) is 5.91 Å². The third-order valence-electron chi connectivity index (χ3n) is 3.53. The van der Waals surface area contributed by atoms with Gasteiger partial charge < -0.3 is 20.7 Å². The summed E-state index contributed by atoms with van der Waals surface area (Å²) in [6, 6.07) is 9.72. The van der Waals surface area contributed by atoms with Gasteiger partial charge in [-0.1, -0.05) is 30.3 Å². The van der Waals surface area contributed by atoms with Crippen molar-refractivity contribution in [1.82, 2.24) is 16.0 Å². The van der Waals surface area contributed by atoms with Crippen molar-refractivity contribution < 1.29 is 14.3 Å².